The quantitative estimate of drug-likeness (QED) is 0.439. The number of carbonyl (C=O) groups excluding carboxylic acids is 2. The van der Waals surface area contributed by atoms with E-state index in [9.17, 15) is 14.7 Å². The van der Waals surface area contributed by atoms with Crippen molar-refractivity contribution in [2.45, 2.75) is 26.7 Å². The maximum Gasteiger partial charge on any atom is 0.344 e. The van der Waals surface area contributed by atoms with Crippen molar-refractivity contribution in [3.05, 3.63) is 23.3 Å². The molecule has 6 heteroatoms. The summed E-state index contributed by atoms with van der Waals surface area (Å²) >= 11 is 3.08. The Hall–Kier alpha value is -1.56. The van der Waals surface area contributed by atoms with E-state index in [4.69, 9.17) is 9.47 Å². The Morgan fingerprint density at radius 1 is 1.29 bits per heavy atom. The van der Waals surface area contributed by atoms with Gasteiger partial charge in [0.25, 0.3) is 0 Å². The summed E-state index contributed by atoms with van der Waals surface area (Å²) in [4.78, 5) is 23.1. The summed E-state index contributed by atoms with van der Waals surface area (Å²) in [6.07, 6.45) is 1.32. The van der Waals surface area contributed by atoms with Gasteiger partial charge in [-0.3, -0.25) is 4.79 Å². The second-order valence-corrected chi connectivity index (χ2v) is 4.90. The standard InChI is InChI=1S/C15H19BrO5/c1-3-5-11-13(21-9-14(18)20-4-2)7-6-10(15(11)19)12(17)8-16/h6-7,19H,3-5,8-9H2,1-2H3. The summed E-state index contributed by atoms with van der Waals surface area (Å²) in [5.74, 6) is -0.363. The van der Waals surface area contributed by atoms with Crippen LogP contribution in [0.4, 0.5) is 0 Å². The summed E-state index contributed by atoms with van der Waals surface area (Å²) in [7, 11) is 0. The molecule has 116 valence electrons. The largest absolute Gasteiger partial charge is 0.507 e. The van der Waals surface area contributed by atoms with E-state index in [2.05, 4.69) is 15.9 Å². The van der Waals surface area contributed by atoms with E-state index in [1.54, 1.807) is 13.0 Å². The number of phenolic OH excluding ortho intramolecular Hbond substituents is 1. The lowest BCUT2D eigenvalue weighted by Gasteiger charge is -2.14. The van der Waals surface area contributed by atoms with Gasteiger partial charge in [0.2, 0.25) is 0 Å². The molecule has 0 saturated heterocycles. The maximum atomic E-state index is 11.7. The van der Waals surface area contributed by atoms with E-state index in [-0.39, 0.29) is 35.6 Å². The second-order valence-electron chi connectivity index (χ2n) is 4.34. The lowest BCUT2D eigenvalue weighted by molar-refractivity contribution is -0.145. The van der Waals surface area contributed by atoms with E-state index >= 15 is 0 Å². The summed E-state index contributed by atoms with van der Waals surface area (Å²) in [6, 6.07) is 3.10. The van der Waals surface area contributed by atoms with E-state index in [0.29, 0.717) is 17.7 Å². The third kappa shape index (κ3) is 4.74. The van der Waals surface area contributed by atoms with Crippen LogP contribution in [-0.4, -0.2) is 35.4 Å². The molecular formula is C15H19BrO5. The third-order valence-corrected chi connectivity index (χ3v) is 3.32. The Balaban J connectivity index is 3.01. The fourth-order valence-electron chi connectivity index (χ4n) is 1.88. The van der Waals surface area contributed by atoms with Gasteiger partial charge in [-0.25, -0.2) is 4.79 Å². The number of carbonyl (C=O) groups is 2. The zero-order valence-electron chi connectivity index (χ0n) is 12.1. The minimum absolute atomic E-state index is 0.0809. The summed E-state index contributed by atoms with van der Waals surface area (Å²) in [5, 5.41) is 10.4. The number of rotatable bonds is 8. The molecule has 0 unspecified atom stereocenters. The monoisotopic (exact) mass is 358 g/mol. The highest BCUT2D eigenvalue weighted by atomic mass is 79.9. The predicted octanol–water partition coefficient (Wildman–Crippen LogP) is 2.86. The van der Waals surface area contributed by atoms with Crippen LogP contribution in [0, 0.1) is 0 Å². The zero-order chi connectivity index (χ0) is 15.8. The average molecular weight is 359 g/mol. The minimum Gasteiger partial charge on any atom is -0.507 e. The number of hydrogen-bond acceptors (Lipinski definition) is 5. The molecule has 0 saturated carbocycles. The molecule has 1 N–H and O–H groups in total. The number of hydrogen-bond donors (Lipinski definition) is 1. The predicted molar refractivity (Wildman–Crippen MR) is 82.4 cm³/mol. The lowest BCUT2D eigenvalue weighted by atomic mass is 10.0. The van der Waals surface area contributed by atoms with E-state index in [0.717, 1.165) is 6.42 Å². The summed E-state index contributed by atoms with van der Waals surface area (Å²) < 4.78 is 10.2. The molecule has 0 amide bonds. The Morgan fingerprint density at radius 2 is 2.00 bits per heavy atom. The zero-order valence-corrected chi connectivity index (χ0v) is 13.7. The van der Waals surface area contributed by atoms with Crippen LogP contribution in [0.15, 0.2) is 12.1 Å². The van der Waals surface area contributed by atoms with Crippen molar-refractivity contribution in [3.63, 3.8) is 0 Å². The smallest absolute Gasteiger partial charge is 0.344 e. The number of phenols is 1. The van der Waals surface area contributed by atoms with Gasteiger partial charge in [0.05, 0.1) is 17.5 Å². The highest BCUT2D eigenvalue weighted by Gasteiger charge is 2.18. The number of esters is 1. The molecule has 0 atom stereocenters. The van der Waals surface area contributed by atoms with Gasteiger partial charge in [-0.2, -0.15) is 0 Å². The summed E-state index contributed by atoms with van der Waals surface area (Å²) in [5.41, 5.74) is 0.785. The molecule has 0 spiro atoms. The number of aromatic hydroxyl groups is 1. The van der Waals surface area contributed by atoms with Crippen LogP contribution in [-0.2, 0) is 16.0 Å². The van der Waals surface area contributed by atoms with Gasteiger partial charge >= 0.3 is 5.97 Å². The molecule has 1 aromatic rings. The number of halogens is 1. The first-order valence-corrected chi connectivity index (χ1v) is 7.89. The van der Waals surface area contributed by atoms with Crippen molar-refractivity contribution in [1.82, 2.24) is 0 Å². The molecule has 1 rings (SSSR count). The van der Waals surface area contributed by atoms with Crippen molar-refractivity contribution in [3.8, 4) is 11.5 Å². The Bertz CT molecular complexity index is 513. The van der Waals surface area contributed by atoms with Crippen LogP contribution in [0.1, 0.15) is 36.2 Å². The molecule has 0 radical (unpaired) electrons. The second kappa shape index (κ2) is 8.67. The Morgan fingerprint density at radius 3 is 2.57 bits per heavy atom. The van der Waals surface area contributed by atoms with Crippen molar-refractivity contribution in [1.29, 1.82) is 0 Å². The number of Topliss-reactive ketones (excluding diaryl/α,β-unsaturated/α-hetero) is 1. The summed E-state index contributed by atoms with van der Waals surface area (Å²) in [6.45, 7) is 3.73. The first-order chi connectivity index (χ1) is 10.0. The van der Waals surface area contributed by atoms with E-state index < -0.39 is 5.97 Å². The molecule has 0 aliphatic rings. The van der Waals surface area contributed by atoms with Gasteiger partial charge < -0.3 is 14.6 Å². The van der Waals surface area contributed by atoms with Gasteiger partial charge in [0, 0.05) is 5.56 Å². The van der Waals surface area contributed by atoms with Crippen LogP contribution in [0.25, 0.3) is 0 Å². The SMILES string of the molecule is CCCc1c(OCC(=O)OCC)ccc(C(=O)CBr)c1O. The van der Waals surface area contributed by atoms with Gasteiger partial charge in [0.15, 0.2) is 12.4 Å². The molecule has 0 aromatic heterocycles. The number of benzene rings is 1. The van der Waals surface area contributed by atoms with Crippen LogP contribution >= 0.6 is 15.9 Å². The molecule has 0 heterocycles. The Kier molecular flexibility index (Phi) is 7.22. The van der Waals surface area contributed by atoms with Crippen LogP contribution in [0.5, 0.6) is 11.5 Å². The first-order valence-electron chi connectivity index (χ1n) is 6.77. The van der Waals surface area contributed by atoms with Gasteiger partial charge in [-0.05, 0) is 25.5 Å². The van der Waals surface area contributed by atoms with Crippen LogP contribution in [0.2, 0.25) is 0 Å². The van der Waals surface area contributed by atoms with E-state index in [1.807, 2.05) is 6.92 Å². The van der Waals surface area contributed by atoms with Gasteiger partial charge in [0.1, 0.15) is 11.5 Å². The fourth-order valence-corrected chi connectivity index (χ4v) is 2.18. The topological polar surface area (TPSA) is 72.8 Å². The molecule has 0 aliphatic heterocycles. The lowest BCUT2D eigenvalue weighted by Crippen LogP contribution is -2.15. The molecule has 21 heavy (non-hydrogen) atoms. The van der Waals surface area contributed by atoms with Gasteiger partial charge in [-0.15, -0.1) is 0 Å². The normalized spacial score (nSPS) is 10.2. The van der Waals surface area contributed by atoms with E-state index in [1.165, 1.54) is 6.07 Å². The van der Waals surface area contributed by atoms with Gasteiger partial charge in [-0.1, -0.05) is 29.3 Å². The fraction of sp³-hybridized carbons (Fsp3) is 0.467. The third-order valence-electron chi connectivity index (χ3n) is 2.81. The highest BCUT2D eigenvalue weighted by Crippen LogP contribution is 2.33. The van der Waals surface area contributed by atoms with Crippen molar-refractivity contribution in [2.75, 3.05) is 18.5 Å². The molecule has 0 aliphatic carbocycles. The average Bonchev–Trinajstić information content (AvgIpc) is 2.47. The minimum atomic E-state index is -0.472. The molecular weight excluding hydrogens is 340 g/mol. The Labute approximate surface area is 132 Å². The van der Waals surface area contributed by atoms with Crippen molar-refractivity contribution >= 4 is 27.7 Å². The molecule has 0 bridgehead atoms. The van der Waals surface area contributed by atoms with Crippen molar-refractivity contribution < 1.29 is 24.2 Å². The highest BCUT2D eigenvalue weighted by molar-refractivity contribution is 9.09. The number of ketones is 1. The van der Waals surface area contributed by atoms with Crippen LogP contribution < -0.4 is 4.74 Å². The molecule has 5 nitrogen and oxygen atoms in total. The number of ether oxygens (including phenoxy) is 2. The number of alkyl halides is 1. The molecule has 0 fully saturated rings. The molecule has 1 aromatic carbocycles. The van der Waals surface area contributed by atoms with Crippen molar-refractivity contribution in [2.24, 2.45) is 0 Å². The maximum absolute atomic E-state index is 11.7. The van der Waals surface area contributed by atoms with Crippen LogP contribution in [0.3, 0.4) is 0 Å². The first kappa shape index (κ1) is 17.5.